The van der Waals surface area contributed by atoms with Crippen molar-refractivity contribution in [2.75, 3.05) is 18.0 Å². The Morgan fingerprint density at radius 1 is 1.80 bits per heavy atom. The van der Waals surface area contributed by atoms with Crippen molar-refractivity contribution in [1.82, 2.24) is 9.59 Å². The van der Waals surface area contributed by atoms with E-state index in [0.29, 0.717) is 19.5 Å². The molecule has 1 fully saturated rings. The van der Waals surface area contributed by atoms with Crippen LogP contribution in [0.15, 0.2) is 11.3 Å². The Kier molecular flexibility index (Phi) is 2.79. The number of rotatable bonds is 3. The van der Waals surface area contributed by atoms with Gasteiger partial charge in [0.2, 0.25) is 5.91 Å². The average Bonchev–Trinajstić information content (AvgIpc) is 2.83. The highest BCUT2D eigenvalue weighted by atomic mass is 32.1. The Hall–Kier alpha value is -1.66. The van der Waals surface area contributed by atoms with E-state index in [4.69, 9.17) is 5.53 Å². The van der Waals surface area contributed by atoms with Crippen LogP contribution in [-0.2, 0) is 4.79 Å². The van der Waals surface area contributed by atoms with Crippen molar-refractivity contribution in [3.05, 3.63) is 16.6 Å². The van der Waals surface area contributed by atoms with Crippen LogP contribution in [0, 0.1) is 5.92 Å². The number of carbonyl (C=O) groups excluding carboxylic acids is 1. The summed E-state index contributed by atoms with van der Waals surface area (Å²) in [5.41, 5.74) is 8.18. The fraction of sp³-hybridized carbons (Fsp3) is 0.571. The number of nitrogens with zero attached hydrogens (tertiary/aromatic N) is 6. The summed E-state index contributed by atoms with van der Waals surface area (Å²) >= 11 is 1.19. The third-order valence-corrected chi connectivity index (χ3v) is 2.91. The molecule has 1 aliphatic heterocycles. The van der Waals surface area contributed by atoms with Gasteiger partial charge in [0.1, 0.15) is 5.00 Å². The van der Waals surface area contributed by atoms with Gasteiger partial charge >= 0.3 is 0 Å². The van der Waals surface area contributed by atoms with Gasteiger partial charge in [-0.2, -0.15) is 0 Å². The minimum atomic E-state index is 0.0409. The molecule has 78 valence electrons. The number of anilines is 1. The third kappa shape index (κ3) is 2.05. The lowest BCUT2D eigenvalue weighted by atomic mass is 10.1. The highest BCUT2D eigenvalue weighted by Gasteiger charge is 2.30. The normalized spacial score (nSPS) is 20.4. The summed E-state index contributed by atoms with van der Waals surface area (Å²) in [7, 11) is 0. The molecule has 1 aromatic rings. The van der Waals surface area contributed by atoms with Crippen molar-refractivity contribution >= 4 is 22.4 Å². The van der Waals surface area contributed by atoms with Crippen LogP contribution in [0.3, 0.4) is 0 Å². The van der Waals surface area contributed by atoms with Crippen LogP contribution in [0.1, 0.15) is 6.42 Å². The standard InChI is InChI=1S/C7H8N6OS/c8-11-9-2-5-1-6(14)13(4-5)7-3-10-12-15-7/h3,5H,1-2,4H2. The molecule has 0 bridgehead atoms. The Morgan fingerprint density at radius 3 is 3.33 bits per heavy atom. The molecule has 0 saturated carbocycles. The van der Waals surface area contributed by atoms with Gasteiger partial charge in [-0.1, -0.05) is 9.60 Å². The van der Waals surface area contributed by atoms with Crippen molar-refractivity contribution in [3.8, 4) is 0 Å². The first-order valence-corrected chi connectivity index (χ1v) is 5.17. The maximum absolute atomic E-state index is 11.6. The van der Waals surface area contributed by atoms with Gasteiger partial charge in [-0.3, -0.25) is 4.79 Å². The quantitative estimate of drug-likeness (QED) is 0.438. The number of carbonyl (C=O) groups is 1. The van der Waals surface area contributed by atoms with E-state index < -0.39 is 0 Å². The predicted octanol–water partition coefficient (Wildman–Crippen LogP) is 1.20. The molecule has 0 aromatic carbocycles. The number of azide groups is 1. The monoisotopic (exact) mass is 224 g/mol. The first kappa shape index (κ1) is 9.88. The molecule has 8 heteroatoms. The summed E-state index contributed by atoms with van der Waals surface area (Å²) in [6, 6.07) is 0. The van der Waals surface area contributed by atoms with Gasteiger partial charge in [-0.05, 0) is 11.4 Å². The van der Waals surface area contributed by atoms with Gasteiger partial charge in [0.25, 0.3) is 0 Å². The minimum absolute atomic E-state index is 0.0409. The molecule has 2 heterocycles. The van der Waals surface area contributed by atoms with Gasteiger partial charge in [-0.15, -0.1) is 5.10 Å². The van der Waals surface area contributed by atoms with Crippen molar-refractivity contribution in [2.24, 2.45) is 11.0 Å². The molecule has 1 amide bonds. The van der Waals surface area contributed by atoms with E-state index >= 15 is 0 Å². The topological polar surface area (TPSA) is 94.9 Å². The van der Waals surface area contributed by atoms with E-state index in [0.717, 1.165) is 5.00 Å². The summed E-state index contributed by atoms with van der Waals surface area (Å²) in [5, 5.41) is 7.91. The summed E-state index contributed by atoms with van der Waals surface area (Å²) in [6.45, 7) is 0.951. The lowest BCUT2D eigenvalue weighted by molar-refractivity contribution is -0.117. The Balaban J connectivity index is 2.05. The summed E-state index contributed by atoms with van der Waals surface area (Å²) in [6.07, 6.45) is 2.00. The first-order chi connectivity index (χ1) is 7.31. The second-order valence-corrected chi connectivity index (χ2v) is 4.01. The number of hydrogen-bond donors (Lipinski definition) is 0. The number of aromatic nitrogens is 2. The number of amides is 1. The summed E-state index contributed by atoms with van der Waals surface area (Å²) in [4.78, 5) is 15.9. The maximum atomic E-state index is 11.6. The Morgan fingerprint density at radius 2 is 2.67 bits per heavy atom. The zero-order chi connectivity index (χ0) is 10.7. The summed E-state index contributed by atoms with van der Waals surface area (Å²) < 4.78 is 3.70. The van der Waals surface area contributed by atoms with Crippen LogP contribution >= 0.6 is 11.5 Å². The zero-order valence-electron chi connectivity index (χ0n) is 7.78. The van der Waals surface area contributed by atoms with Gasteiger partial charge in [-0.25, -0.2) is 0 Å². The van der Waals surface area contributed by atoms with Crippen molar-refractivity contribution < 1.29 is 4.79 Å². The largest absolute Gasteiger partial charge is 0.301 e. The van der Waals surface area contributed by atoms with Gasteiger partial charge in [0, 0.05) is 36.0 Å². The minimum Gasteiger partial charge on any atom is -0.301 e. The molecule has 1 saturated heterocycles. The second-order valence-electron chi connectivity index (χ2n) is 3.24. The Labute approximate surface area is 89.5 Å². The van der Waals surface area contributed by atoms with Crippen LogP contribution in [0.25, 0.3) is 10.4 Å². The molecule has 0 spiro atoms. The van der Waals surface area contributed by atoms with E-state index in [-0.39, 0.29) is 11.8 Å². The SMILES string of the molecule is [N-]=[N+]=NCC1CC(=O)N(c2cnns2)C1. The third-order valence-electron chi connectivity index (χ3n) is 2.22. The molecular weight excluding hydrogens is 216 g/mol. The molecule has 1 aliphatic rings. The van der Waals surface area contributed by atoms with E-state index in [1.165, 1.54) is 11.5 Å². The molecule has 2 rings (SSSR count). The van der Waals surface area contributed by atoms with Crippen LogP contribution < -0.4 is 4.90 Å². The second kappa shape index (κ2) is 4.24. The molecule has 0 aliphatic carbocycles. The lowest BCUT2D eigenvalue weighted by Crippen LogP contribution is -2.23. The van der Waals surface area contributed by atoms with E-state index in [1.807, 2.05) is 0 Å². The Bertz CT molecular complexity index is 398. The predicted molar refractivity (Wildman–Crippen MR) is 54.4 cm³/mol. The van der Waals surface area contributed by atoms with E-state index in [1.54, 1.807) is 11.1 Å². The fourth-order valence-electron chi connectivity index (χ4n) is 1.55. The molecular formula is C7H8N6OS. The fourth-order valence-corrected chi connectivity index (χ4v) is 2.10. The molecule has 0 N–H and O–H groups in total. The first-order valence-electron chi connectivity index (χ1n) is 4.40. The van der Waals surface area contributed by atoms with Gasteiger partial charge in [0.05, 0.1) is 6.20 Å². The van der Waals surface area contributed by atoms with Crippen LogP contribution in [0.4, 0.5) is 5.00 Å². The van der Waals surface area contributed by atoms with E-state index in [2.05, 4.69) is 19.6 Å². The molecule has 1 atom stereocenters. The van der Waals surface area contributed by atoms with Crippen LogP contribution in [0.5, 0.6) is 0 Å². The zero-order valence-corrected chi connectivity index (χ0v) is 8.59. The average molecular weight is 224 g/mol. The molecule has 1 aromatic heterocycles. The molecule has 1 unspecified atom stereocenters. The van der Waals surface area contributed by atoms with E-state index in [9.17, 15) is 4.79 Å². The molecule has 7 nitrogen and oxygen atoms in total. The maximum Gasteiger partial charge on any atom is 0.228 e. The lowest BCUT2D eigenvalue weighted by Gasteiger charge is -2.11. The summed E-state index contributed by atoms with van der Waals surface area (Å²) in [5.74, 6) is 0.148. The van der Waals surface area contributed by atoms with Crippen LogP contribution in [0.2, 0.25) is 0 Å². The highest BCUT2D eigenvalue weighted by molar-refractivity contribution is 7.10. The van der Waals surface area contributed by atoms with Crippen molar-refractivity contribution in [2.45, 2.75) is 6.42 Å². The van der Waals surface area contributed by atoms with Gasteiger partial charge < -0.3 is 4.90 Å². The highest BCUT2D eigenvalue weighted by Crippen LogP contribution is 2.26. The molecule has 15 heavy (non-hydrogen) atoms. The molecule has 0 radical (unpaired) electrons. The van der Waals surface area contributed by atoms with Crippen LogP contribution in [-0.4, -0.2) is 28.6 Å². The smallest absolute Gasteiger partial charge is 0.228 e. The van der Waals surface area contributed by atoms with Crippen molar-refractivity contribution in [1.29, 1.82) is 0 Å². The van der Waals surface area contributed by atoms with Crippen molar-refractivity contribution in [3.63, 3.8) is 0 Å². The van der Waals surface area contributed by atoms with Gasteiger partial charge in [0.15, 0.2) is 0 Å². The number of hydrogen-bond acceptors (Lipinski definition) is 5.